The first kappa shape index (κ1) is 29.5. The number of para-hydroxylation sites is 2. The van der Waals surface area contributed by atoms with Crippen molar-refractivity contribution >= 4 is 15.9 Å². The average Bonchev–Trinajstić information content (AvgIpc) is 2.87. The summed E-state index contributed by atoms with van der Waals surface area (Å²) in [5.74, 6) is 1.66. The van der Waals surface area contributed by atoms with Crippen molar-refractivity contribution < 1.29 is 18.9 Å². The Morgan fingerprint density at radius 1 is 0.618 bits per heavy atom. The quantitative estimate of drug-likeness (QED) is 0.103. The highest BCUT2D eigenvalue weighted by Crippen LogP contribution is 2.30. The fourth-order valence-corrected chi connectivity index (χ4v) is 4.69. The first-order valence-corrected chi connectivity index (χ1v) is 15.1. The molecule has 1 aromatic carbocycles. The molecule has 0 radical (unpaired) electrons. The smallest absolute Gasteiger partial charge is 0.161 e. The maximum absolute atomic E-state index is 5.92. The van der Waals surface area contributed by atoms with Gasteiger partial charge in [-0.25, -0.2) is 0 Å². The minimum Gasteiger partial charge on any atom is -0.486 e. The van der Waals surface area contributed by atoms with E-state index < -0.39 is 0 Å². The second-order valence-corrected chi connectivity index (χ2v) is 10.3. The molecule has 0 N–H and O–H groups in total. The second-order valence-electron chi connectivity index (χ2n) is 9.53. The van der Waals surface area contributed by atoms with Gasteiger partial charge in [-0.05, 0) is 37.8 Å². The number of rotatable bonds is 23. The van der Waals surface area contributed by atoms with Gasteiger partial charge >= 0.3 is 0 Å². The highest BCUT2D eigenvalue weighted by Gasteiger charge is 2.20. The van der Waals surface area contributed by atoms with Crippen LogP contribution in [0.2, 0.25) is 0 Å². The normalized spacial score (nSPS) is 15.0. The van der Waals surface area contributed by atoms with Crippen molar-refractivity contribution in [1.29, 1.82) is 0 Å². The molecule has 0 aromatic heterocycles. The number of hydrogen-bond acceptors (Lipinski definition) is 4. The number of fused-ring (bicyclic) bond motifs is 1. The summed E-state index contributed by atoms with van der Waals surface area (Å²) in [5.41, 5.74) is 0. The van der Waals surface area contributed by atoms with E-state index in [2.05, 4.69) is 15.9 Å². The monoisotopic (exact) mass is 540 g/mol. The molecule has 1 heterocycles. The molecule has 5 heteroatoms. The van der Waals surface area contributed by atoms with Crippen LogP contribution in [0.25, 0.3) is 0 Å². The second kappa shape index (κ2) is 21.5. The van der Waals surface area contributed by atoms with Crippen molar-refractivity contribution in [1.82, 2.24) is 0 Å². The van der Waals surface area contributed by atoms with Gasteiger partial charge in [0.25, 0.3) is 0 Å². The van der Waals surface area contributed by atoms with Crippen molar-refractivity contribution in [2.24, 2.45) is 0 Å². The maximum Gasteiger partial charge on any atom is 0.161 e. The zero-order valence-corrected chi connectivity index (χ0v) is 23.0. The SMILES string of the molecule is BrCCCCCCCCCCOCCCCCCCCCCOCC1COc2ccccc2O1. The summed E-state index contributed by atoms with van der Waals surface area (Å²) in [5, 5.41) is 1.16. The third-order valence-electron chi connectivity index (χ3n) is 6.37. The van der Waals surface area contributed by atoms with Crippen molar-refractivity contribution in [3.63, 3.8) is 0 Å². The fraction of sp³-hybridized carbons (Fsp3) is 0.793. The van der Waals surface area contributed by atoms with E-state index >= 15 is 0 Å². The number of alkyl halides is 1. The summed E-state index contributed by atoms with van der Waals surface area (Å²) < 4.78 is 23.2. The van der Waals surface area contributed by atoms with E-state index in [1.807, 2.05) is 24.3 Å². The van der Waals surface area contributed by atoms with Crippen molar-refractivity contribution in [2.45, 2.75) is 109 Å². The molecule has 0 saturated heterocycles. The number of ether oxygens (including phenoxy) is 4. The average molecular weight is 542 g/mol. The summed E-state index contributed by atoms with van der Waals surface area (Å²) >= 11 is 3.50. The highest BCUT2D eigenvalue weighted by atomic mass is 79.9. The Morgan fingerprint density at radius 2 is 1.09 bits per heavy atom. The van der Waals surface area contributed by atoms with Crippen LogP contribution in [0.15, 0.2) is 24.3 Å². The Kier molecular flexibility index (Phi) is 18.6. The van der Waals surface area contributed by atoms with Crippen LogP contribution in [0.3, 0.4) is 0 Å². The molecule has 1 atom stereocenters. The summed E-state index contributed by atoms with van der Waals surface area (Å²) in [6.07, 6.45) is 21.1. The van der Waals surface area contributed by atoms with E-state index in [0.717, 1.165) is 43.1 Å². The van der Waals surface area contributed by atoms with E-state index in [0.29, 0.717) is 13.2 Å². The molecule has 0 fully saturated rings. The van der Waals surface area contributed by atoms with Gasteiger partial charge in [-0.3, -0.25) is 0 Å². The zero-order valence-electron chi connectivity index (χ0n) is 21.5. The van der Waals surface area contributed by atoms with Crippen molar-refractivity contribution in [2.75, 3.05) is 38.4 Å². The van der Waals surface area contributed by atoms with Gasteiger partial charge in [0, 0.05) is 25.2 Å². The van der Waals surface area contributed by atoms with Crippen LogP contribution in [-0.2, 0) is 9.47 Å². The van der Waals surface area contributed by atoms with Gasteiger partial charge in [-0.15, -0.1) is 0 Å². The molecule has 0 saturated carbocycles. The summed E-state index contributed by atoms with van der Waals surface area (Å²) in [6, 6.07) is 7.83. The minimum atomic E-state index is 0.00249. The Bertz CT molecular complexity index is 583. The number of unbranched alkanes of at least 4 members (excludes halogenated alkanes) is 14. The van der Waals surface area contributed by atoms with Crippen LogP contribution in [0.5, 0.6) is 11.5 Å². The van der Waals surface area contributed by atoms with E-state index in [1.54, 1.807) is 0 Å². The molecule has 4 nitrogen and oxygen atoms in total. The molecule has 0 aliphatic carbocycles. The third-order valence-corrected chi connectivity index (χ3v) is 6.93. The molecule has 0 bridgehead atoms. The predicted octanol–water partition coefficient (Wildman–Crippen LogP) is 8.50. The molecule has 0 amide bonds. The third kappa shape index (κ3) is 15.3. The first-order chi connectivity index (χ1) is 16.9. The minimum absolute atomic E-state index is 0.00249. The topological polar surface area (TPSA) is 36.9 Å². The lowest BCUT2D eigenvalue weighted by atomic mass is 10.1. The lowest BCUT2D eigenvalue weighted by Gasteiger charge is -2.26. The summed E-state index contributed by atoms with van der Waals surface area (Å²) in [6.45, 7) is 3.90. The van der Waals surface area contributed by atoms with E-state index in [9.17, 15) is 0 Å². The van der Waals surface area contributed by atoms with Gasteiger partial charge in [0.2, 0.25) is 0 Å². The molecular weight excluding hydrogens is 492 g/mol. The summed E-state index contributed by atoms with van der Waals surface area (Å²) in [7, 11) is 0. The van der Waals surface area contributed by atoms with E-state index in [1.165, 1.54) is 96.3 Å². The maximum atomic E-state index is 5.92. The Hall–Kier alpha value is -0.780. The Morgan fingerprint density at radius 3 is 1.65 bits per heavy atom. The van der Waals surface area contributed by atoms with Crippen LogP contribution < -0.4 is 9.47 Å². The molecule has 1 unspecified atom stereocenters. The van der Waals surface area contributed by atoms with Gasteiger partial charge in [0.1, 0.15) is 6.61 Å². The summed E-state index contributed by atoms with van der Waals surface area (Å²) in [4.78, 5) is 0. The highest BCUT2D eigenvalue weighted by molar-refractivity contribution is 9.09. The first-order valence-electron chi connectivity index (χ1n) is 14.0. The standard InChI is InChI=1S/C29H49BrO4/c30-21-15-9-5-1-2-6-10-16-22-31-23-17-11-7-3-4-8-12-18-24-32-25-27-26-33-28-19-13-14-20-29(28)34-27/h13-14,19-20,27H,1-12,15-18,21-26H2. The number of hydrogen-bond donors (Lipinski definition) is 0. The van der Waals surface area contributed by atoms with Gasteiger partial charge in [0.15, 0.2) is 17.6 Å². The number of benzene rings is 1. The van der Waals surface area contributed by atoms with Crippen LogP contribution >= 0.6 is 15.9 Å². The van der Waals surface area contributed by atoms with Gasteiger partial charge in [-0.2, -0.15) is 0 Å². The zero-order chi connectivity index (χ0) is 23.9. The molecule has 0 spiro atoms. The van der Waals surface area contributed by atoms with Crippen LogP contribution in [0, 0.1) is 0 Å². The molecule has 2 rings (SSSR count). The predicted molar refractivity (Wildman–Crippen MR) is 146 cm³/mol. The fourth-order valence-electron chi connectivity index (χ4n) is 4.29. The Labute approximate surface area is 217 Å². The molecule has 34 heavy (non-hydrogen) atoms. The largest absolute Gasteiger partial charge is 0.486 e. The van der Waals surface area contributed by atoms with Crippen LogP contribution in [0.4, 0.5) is 0 Å². The molecule has 1 aromatic rings. The molecule has 196 valence electrons. The molecule has 1 aliphatic heterocycles. The molecular formula is C29H49BrO4. The lowest BCUT2D eigenvalue weighted by Crippen LogP contribution is -2.33. The van der Waals surface area contributed by atoms with Gasteiger partial charge < -0.3 is 18.9 Å². The van der Waals surface area contributed by atoms with Gasteiger partial charge in [-0.1, -0.05) is 105 Å². The lowest BCUT2D eigenvalue weighted by molar-refractivity contribution is 0.00778. The Balaban J connectivity index is 1.22. The van der Waals surface area contributed by atoms with Crippen LogP contribution in [0.1, 0.15) is 103 Å². The molecule has 1 aliphatic rings. The van der Waals surface area contributed by atoms with E-state index in [4.69, 9.17) is 18.9 Å². The van der Waals surface area contributed by atoms with E-state index in [-0.39, 0.29) is 6.10 Å². The van der Waals surface area contributed by atoms with Gasteiger partial charge in [0.05, 0.1) is 6.61 Å². The number of halogens is 1. The van der Waals surface area contributed by atoms with Crippen molar-refractivity contribution in [3.05, 3.63) is 24.3 Å². The van der Waals surface area contributed by atoms with Crippen molar-refractivity contribution in [3.8, 4) is 11.5 Å². The van der Waals surface area contributed by atoms with Crippen LogP contribution in [-0.4, -0.2) is 44.5 Å².